The van der Waals surface area contributed by atoms with E-state index in [1.165, 1.54) is 5.56 Å². The van der Waals surface area contributed by atoms with Crippen molar-refractivity contribution in [2.45, 2.75) is 36.1 Å². The number of hydrogen-bond donors (Lipinski definition) is 0. The molecule has 88 valence electrons. The van der Waals surface area contributed by atoms with Gasteiger partial charge in [-0.25, -0.2) is 0 Å². The van der Waals surface area contributed by atoms with Crippen molar-refractivity contribution in [1.29, 1.82) is 0 Å². The van der Waals surface area contributed by atoms with Gasteiger partial charge < -0.3 is 0 Å². The molecule has 1 atom stereocenters. The van der Waals surface area contributed by atoms with Crippen LogP contribution in [0.5, 0.6) is 0 Å². The minimum Gasteiger partial charge on any atom is -0.171 e. The first-order valence-electron chi connectivity index (χ1n) is 5.31. The normalized spacial score (nSPS) is 13.8. The summed E-state index contributed by atoms with van der Waals surface area (Å²) in [6, 6.07) is 11.2. The van der Waals surface area contributed by atoms with Gasteiger partial charge in [0.25, 0.3) is 0 Å². The second kappa shape index (κ2) is 6.90. The lowest BCUT2D eigenvalue weighted by molar-refractivity contribution is 0.591. The summed E-state index contributed by atoms with van der Waals surface area (Å²) < 4.78 is -0.656. The highest BCUT2D eigenvalue weighted by atomic mass is 35.6. The highest BCUT2D eigenvalue weighted by Crippen LogP contribution is 2.37. The van der Waals surface area contributed by atoms with Crippen LogP contribution in [0.2, 0.25) is 6.04 Å². The molecule has 0 spiro atoms. The van der Waals surface area contributed by atoms with Gasteiger partial charge in [-0.15, -0.1) is 23.2 Å². The van der Waals surface area contributed by atoms with E-state index >= 15 is 0 Å². The van der Waals surface area contributed by atoms with Gasteiger partial charge in [0, 0.05) is 0 Å². The van der Waals surface area contributed by atoms with Crippen LogP contribution in [-0.4, -0.2) is 13.2 Å². The SMILES string of the molecule is CC(CC(Cl)(Cl)CC[Si]Cl)c1ccccc1. The molecule has 0 saturated heterocycles. The Bertz CT molecular complexity index is 300. The zero-order valence-electron chi connectivity index (χ0n) is 9.22. The van der Waals surface area contributed by atoms with E-state index in [9.17, 15) is 0 Å². The smallest absolute Gasteiger partial charge is 0.171 e. The second-order valence-corrected chi connectivity index (χ2v) is 7.21. The van der Waals surface area contributed by atoms with E-state index in [2.05, 4.69) is 19.1 Å². The molecule has 1 unspecified atom stereocenters. The summed E-state index contributed by atoms with van der Waals surface area (Å²) in [6.45, 7) is 2.15. The quantitative estimate of drug-likeness (QED) is 0.392. The third-order valence-electron chi connectivity index (χ3n) is 2.56. The van der Waals surface area contributed by atoms with Crippen LogP contribution in [0.15, 0.2) is 30.3 Å². The molecule has 0 amide bonds. The van der Waals surface area contributed by atoms with Crippen LogP contribution in [0, 0.1) is 0 Å². The molecule has 0 aliphatic heterocycles. The topological polar surface area (TPSA) is 0 Å². The Labute approximate surface area is 115 Å². The molecule has 0 aliphatic carbocycles. The average molecular weight is 294 g/mol. The van der Waals surface area contributed by atoms with Crippen molar-refractivity contribution in [2.75, 3.05) is 0 Å². The number of rotatable bonds is 6. The first kappa shape index (κ1) is 14.4. The summed E-state index contributed by atoms with van der Waals surface area (Å²) in [6.07, 6.45) is 1.52. The predicted octanol–water partition coefficient (Wildman–Crippen LogP) is 5.02. The van der Waals surface area contributed by atoms with Crippen LogP contribution in [0.1, 0.15) is 31.2 Å². The average Bonchev–Trinajstić information content (AvgIpc) is 2.27. The largest absolute Gasteiger partial charge is 0.171 e. The monoisotopic (exact) mass is 292 g/mol. The molecule has 1 aromatic rings. The lowest BCUT2D eigenvalue weighted by Gasteiger charge is -2.23. The molecule has 0 fully saturated rings. The second-order valence-electron chi connectivity index (χ2n) is 4.01. The van der Waals surface area contributed by atoms with Gasteiger partial charge in [-0.05, 0) is 30.4 Å². The zero-order valence-corrected chi connectivity index (χ0v) is 12.5. The Hall–Kier alpha value is 0.307. The van der Waals surface area contributed by atoms with Crippen molar-refractivity contribution in [3.8, 4) is 0 Å². The van der Waals surface area contributed by atoms with Crippen LogP contribution in [-0.2, 0) is 0 Å². The van der Waals surface area contributed by atoms with Gasteiger partial charge in [0.15, 0.2) is 8.83 Å². The maximum atomic E-state index is 6.27. The molecule has 2 radical (unpaired) electrons. The molecule has 1 rings (SSSR count). The van der Waals surface area contributed by atoms with Crippen molar-refractivity contribution >= 4 is 43.1 Å². The van der Waals surface area contributed by atoms with Crippen LogP contribution in [0.25, 0.3) is 0 Å². The number of alkyl halides is 2. The molecule has 0 aliphatic rings. The van der Waals surface area contributed by atoms with Gasteiger partial charge in [0.2, 0.25) is 0 Å². The van der Waals surface area contributed by atoms with Gasteiger partial charge in [0.1, 0.15) is 4.33 Å². The molecule has 0 heterocycles. The summed E-state index contributed by atoms with van der Waals surface area (Å²) in [7, 11) is 0.398. The first-order chi connectivity index (χ1) is 7.55. The third-order valence-corrected chi connectivity index (χ3v) is 4.25. The number of hydrogen-bond acceptors (Lipinski definition) is 0. The first-order valence-corrected chi connectivity index (χ1v) is 8.29. The number of benzene rings is 1. The molecule has 0 bridgehead atoms. The van der Waals surface area contributed by atoms with Crippen LogP contribution < -0.4 is 0 Å². The van der Waals surface area contributed by atoms with E-state index in [0.29, 0.717) is 14.7 Å². The minimum absolute atomic E-state index is 0.370. The van der Waals surface area contributed by atoms with Gasteiger partial charge in [-0.3, -0.25) is 0 Å². The van der Waals surface area contributed by atoms with Crippen molar-refractivity contribution in [3.05, 3.63) is 35.9 Å². The fraction of sp³-hybridized carbons (Fsp3) is 0.500. The van der Waals surface area contributed by atoms with E-state index < -0.39 is 4.33 Å². The molecular weight excluding hydrogens is 279 g/mol. The Balaban J connectivity index is 2.53. The lowest BCUT2D eigenvalue weighted by atomic mass is 9.95. The van der Waals surface area contributed by atoms with Crippen molar-refractivity contribution in [1.82, 2.24) is 0 Å². The standard InChI is InChI=1S/C12H15Cl3Si/c1-10(11-5-3-2-4-6-11)9-12(13,14)7-8-16-15/h2-6,10H,7-9H2,1H3. The summed E-state index contributed by atoms with van der Waals surface area (Å²) in [5, 5.41) is 0. The van der Waals surface area contributed by atoms with Crippen LogP contribution in [0.4, 0.5) is 0 Å². The minimum atomic E-state index is -0.656. The van der Waals surface area contributed by atoms with Crippen molar-refractivity contribution in [2.24, 2.45) is 0 Å². The van der Waals surface area contributed by atoms with Gasteiger partial charge >= 0.3 is 0 Å². The van der Waals surface area contributed by atoms with Gasteiger partial charge in [-0.1, -0.05) is 37.3 Å². The van der Waals surface area contributed by atoms with Crippen LogP contribution in [0.3, 0.4) is 0 Å². The summed E-state index contributed by atoms with van der Waals surface area (Å²) in [5.41, 5.74) is 1.28. The Morgan fingerprint density at radius 2 is 1.88 bits per heavy atom. The fourth-order valence-electron chi connectivity index (χ4n) is 1.68. The molecule has 0 nitrogen and oxygen atoms in total. The molecule has 0 N–H and O–H groups in total. The van der Waals surface area contributed by atoms with E-state index in [-0.39, 0.29) is 0 Å². The van der Waals surface area contributed by atoms with Crippen molar-refractivity contribution in [3.63, 3.8) is 0 Å². The molecule has 0 aromatic heterocycles. The maximum Gasteiger partial charge on any atom is 0.171 e. The van der Waals surface area contributed by atoms with E-state index in [0.717, 1.165) is 18.9 Å². The predicted molar refractivity (Wildman–Crippen MR) is 74.9 cm³/mol. The Morgan fingerprint density at radius 1 is 1.25 bits per heavy atom. The Kier molecular flexibility index (Phi) is 6.20. The fourth-order valence-corrected chi connectivity index (χ4v) is 3.45. The molecule has 1 aromatic carbocycles. The third kappa shape index (κ3) is 5.09. The van der Waals surface area contributed by atoms with E-state index in [1.54, 1.807) is 0 Å². The van der Waals surface area contributed by atoms with E-state index in [1.807, 2.05) is 18.2 Å². The molecule has 16 heavy (non-hydrogen) atoms. The zero-order chi connectivity index (χ0) is 12.0. The highest BCUT2D eigenvalue weighted by Gasteiger charge is 2.26. The molecule has 4 heteroatoms. The highest BCUT2D eigenvalue weighted by molar-refractivity contribution is 6.93. The van der Waals surface area contributed by atoms with Gasteiger partial charge in [0.05, 0.1) is 0 Å². The molecular formula is C12H15Cl3Si. The number of halogens is 3. The lowest BCUT2D eigenvalue weighted by Crippen LogP contribution is -2.16. The maximum absolute atomic E-state index is 6.27. The van der Waals surface area contributed by atoms with E-state index in [4.69, 9.17) is 34.3 Å². The summed E-state index contributed by atoms with van der Waals surface area (Å²) >= 11 is 18.2. The van der Waals surface area contributed by atoms with Gasteiger partial charge in [-0.2, -0.15) is 11.1 Å². The van der Waals surface area contributed by atoms with Crippen LogP contribution >= 0.6 is 34.3 Å². The van der Waals surface area contributed by atoms with Crippen molar-refractivity contribution < 1.29 is 0 Å². The molecule has 0 saturated carbocycles. The summed E-state index contributed by atoms with van der Waals surface area (Å²) in [5.74, 6) is 0.370. The Morgan fingerprint density at radius 3 is 2.44 bits per heavy atom. The summed E-state index contributed by atoms with van der Waals surface area (Å²) in [4.78, 5) is 0.